The van der Waals surface area contributed by atoms with E-state index in [1.165, 1.54) is 11.8 Å². The molecule has 146 valence electrons. The molecule has 3 amide bonds. The Morgan fingerprint density at radius 2 is 1.59 bits per heavy atom. The number of nitrogens with one attached hydrogen (secondary N) is 1. The van der Waals surface area contributed by atoms with E-state index < -0.39 is 11.9 Å². The van der Waals surface area contributed by atoms with Gasteiger partial charge in [0.1, 0.15) is 6.54 Å². The van der Waals surface area contributed by atoms with E-state index in [-0.39, 0.29) is 35.5 Å². The number of nitrogens with zero attached hydrogens (tertiary/aromatic N) is 1. The van der Waals surface area contributed by atoms with Crippen molar-refractivity contribution in [3.8, 4) is 0 Å². The summed E-state index contributed by atoms with van der Waals surface area (Å²) in [4.78, 5) is 49.9. The van der Waals surface area contributed by atoms with E-state index in [0.717, 1.165) is 4.90 Å². The Bertz CT molecular complexity index is 697. The molecule has 2 rings (SSSR count). The fourth-order valence-corrected chi connectivity index (χ4v) is 3.99. The summed E-state index contributed by atoms with van der Waals surface area (Å²) in [6.45, 7) is 5.47. The molecule has 1 aliphatic heterocycles. The molecule has 1 aromatic rings. The molecule has 2 atom stereocenters. The molecule has 0 radical (unpaired) electrons. The van der Waals surface area contributed by atoms with Crippen LogP contribution in [0.3, 0.4) is 0 Å². The highest BCUT2D eigenvalue weighted by Gasteiger charge is 2.40. The molecule has 1 N–H and O–H groups in total. The normalized spacial score (nSPS) is 19.7. The van der Waals surface area contributed by atoms with Crippen LogP contribution < -0.4 is 5.32 Å². The van der Waals surface area contributed by atoms with Crippen LogP contribution in [-0.4, -0.2) is 52.2 Å². The van der Waals surface area contributed by atoms with Crippen LogP contribution in [0, 0.1) is 0 Å². The zero-order valence-electron chi connectivity index (χ0n) is 15.7. The summed E-state index contributed by atoms with van der Waals surface area (Å²) < 4.78 is 4.90. The summed E-state index contributed by atoms with van der Waals surface area (Å²) in [6.07, 6.45) is 1.22. The third-order valence-corrected chi connectivity index (χ3v) is 5.86. The summed E-state index contributed by atoms with van der Waals surface area (Å²) in [7, 11) is 0. The third-order valence-electron chi connectivity index (χ3n) is 4.13. The van der Waals surface area contributed by atoms with Crippen LogP contribution in [0.15, 0.2) is 24.3 Å². The van der Waals surface area contributed by atoms with Crippen molar-refractivity contribution < 1.29 is 23.9 Å². The molecule has 1 aliphatic rings. The van der Waals surface area contributed by atoms with Gasteiger partial charge in [0.2, 0.25) is 17.7 Å². The van der Waals surface area contributed by atoms with Gasteiger partial charge in [-0.15, -0.1) is 11.8 Å². The molecule has 1 aromatic carbocycles. The number of rotatable bonds is 7. The number of esters is 1. The van der Waals surface area contributed by atoms with Crippen LogP contribution in [0.4, 0.5) is 5.69 Å². The van der Waals surface area contributed by atoms with Gasteiger partial charge in [-0.05, 0) is 44.0 Å². The second kappa shape index (κ2) is 9.55. The van der Waals surface area contributed by atoms with Crippen molar-refractivity contribution in [3.63, 3.8) is 0 Å². The molecular weight excluding hydrogens is 368 g/mol. The Balaban J connectivity index is 2.02. The van der Waals surface area contributed by atoms with Crippen molar-refractivity contribution >= 4 is 41.1 Å². The van der Waals surface area contributed by atoms with Gasteiger partial charge in [-0.2, -0.15) is 0 Å². The highest BCUT2D eigenvalue weighted by atomic mass is 32.2. The van der Waals surface area contributed by atoms with Gasteiger partial charge < -0.3 is 10.1 Å². The van der Waals surface area contributed by atoms with Crippen molar-refractivity contribution in [2.24, 2.45) is 0 Å². The van der Waals surface area contributed by atoms with Gasteiger partial charge in [0.15, 0.2) is 0 Å². The zero-order chi connectivity index (χ0) is 20.0. The van der Waals surface area contributed by atoms with Gasteiger partial charge in [0.05, 0.1) is 22.7 Å². The monoisotopic (exact) mass is 392 g/mol. The largest absolute Gasteiger partial charge is 0.462 e. The molecule has 0 spiro atoms. The van der Waals surface area contributed by atoms with Crippen molar-refractivity contribution in [2.45, 2.75) is 44.1 Å². The van der Waals surface area contributed by atoms with Crippen LogP contribution in [-0.2, 0) is 19.1 Å². The van der Waals surface area contributed by atoms with Crippen LogP contribution in [0.1, 0.15) is 44.0 Å². The number of hydrogen-bond donors (Lipinski definition) is 1. The number of imide groups is 1. The van der Waals surface area contributed by atoms with Crippen LogP contribution in [0.25, 0.3) is 0 Å². The topological polar surface area (TPSA) is 92.8 Å². The first-order chi connectivity index (χ1) is 12.9. The molecule has 0 aliphatic carbocycles. The first kappa shape index (κ1) is 21.0. The molecule has 27 heavy (non-hydrogen) atoms. The fourth-order valence-electron chi connectivity index (χ4n) is 2.72. The molecular formula is C19H24N2O5S. The van der Waals surface area contributed by atoms with Crippen molar-refractivity contribution in [1.29, 1.82) is 0 Å². The van der Waals surface area contributed by atoms with E-state index >= 15 is 0 Å². The van der Waals surface area contributed by atoms with Crippen molar-refractivity contribution in [2.75, 3.05) is 18.5 Å². The van der Waals surface area contributed by atoms with Gasteiger partial charge in [0.25, 0.3) is 0 Å². The number of carbonyl (C=O) groups is 4. The van der Waals surface area contributed by atoms with Crippen molar-refractivity contribution in [3.05, 3.63) is 29.8 Å². The molecule has 1 fully saturated rings. The lowest BCUT2D eigenvalue weighted by molar-refractivity contribution is -0.147. The molecule has 0 saturated carbocycles. The van der Waals surface area contributed by atoms with Gasteiger partial charge in [0, 0.05) is 5.69 Å². The van der Waals surface area contributed by atoms with E-state index in [4.69, 9.17) is 4.74 Å². The summed E-state index contributed by atoms with van der Waals surface area (Å²) in [5.74, 6) is -1.53. The lowest BCUT2D eigenvalue weighted by Gasteiger charge is -2.34. The van der Waals surface area contributed by atoms with E-state index in [0.29, 0.717) is 24.1 Å². The first-order valence-corrected chi connectivity index (χ1v) is 9.93. The minimum absolute atomic E-state index is 0.283. The highest BCUT2D eigenvalue weighted by molar-refractivity contribution is 8.02. The Kier molecular flexibility index (Phi) is 7.41. The SMILES string of the molecule is CCOC(=O)c1ccc(NC(=O)CN2C(=O)[C@@H](CC)S[C@H](CC)C2=O)cc1. The number of thioether (sulfide) groups is 1. The van der Waals surface area contributed by atoms with Gasteiger partial charge in [-0.25, -0.2) is 4.79 Å². The Morgan fingerprint density at radius 1 is 1.04 bits per heavy atom. The first-order valence-electron chi connectivity index (χ1n) is 8.98. The average Bonchev–Trinajstić information content (AvgIpc) is 2.66. The highest BCUT2D eigenvalue weighted by Crippen LogP contribution is 2.31. The summed E-state index contributed by atoms with van der Waals surface area (Å²) in [5, 5.41) is 2.05. The molecule has 0 unspecified atom stereocenters. The minimum Gasteiger partial charge on any atom is -0.462 e. The van der Waals surface area contributed by atoms with Crippen LogP contribution in [0.5, 0.6) is 0 Å². The third kappa shape index (κ3) is 5.09. The lowest BCUT2D eigenvalue weighted by atomic mass is 10.2. The Hall–Kier alpha value is -2.35. The average molecular weight is 392 g/mol. The van der Waals surface area contributed by atoms with E-state index in [2.05, 4.69) is 5.32 Å². The van der Waals surface area contributed by atoms with Gasteiger partial charge >= 0.3 is 5.97 Å². The van der Waals surface area contributed by atoms with Crippen molar-refractivity contribution in [1.82, 2.24) is 4.90 Å². The standard InChI is InChI=1S/C19H24N2O5S/c1-4-14-17(23)21(18(24)15(5-2)27-14)11-16(22)20-13-9-7-12(8-10-13)19(25)26-6-3/h7-10,14-15H,4-6,11H2,1-3H3,(H,20,22)/t14-,15-/m1/s1. The number of anilines is 1. The fraction of sp³-hybridized carbons (Fsp3) is 0.474. The molecule has 0 aromatic heterocycles. The number of amides is 3. The van der Waals surface area contributed by atoms with E-state index in [9.17, 15) is 19.2 Å². The van der Waals surface area contributed by atoms with Crippen LogP contribution in [0.2, 0.25) is 0 Å². The van der Waals surface area contributed by atoms with Crippen LogP contribution >= 0.6 is 11.8 Å². The minimum atomic E-state index is -0.461. The molecule has 7 nitrogen and oxygen atoms in total. The number of carbonyl (C=O) groups excluding carboxylic acids is 4. The summed E-state index contributed by atoms with van der Waals surface area (Å²) in [6, 6.07) is 6.23. The second-order valence-electron chi connectivity index (χ2n) is 6.04. The summed E-state index contributed by atoms with van der Waals surface area (Å²) in [5.41, 5.74) is 0.850. The second-order valence-corrected chi connectivity index (χ2v) is 7.45. The van der Waals surface area contributed by atoms with E-state index in [1.807, 2.05) is 13.8 Å². The zero-order valence-corrected chi connectivity index (χ0v) is 16.5. The lowest BCUT2D eigenvalue weighted by Crippen LogP contribution is -2.53. The molecule has 8 heteroatoms. The number of hydrogen-bond acceptors (Lipinski definition) is 6. The maximum absolute atomic E-state index is 12.5. The number of ether oxygens (including phenoxy) is 1. The predicted octanol–water partition coefficient (Wildman–Crippen LogP) is 2.46. The maximum atomic E-state index is 12.5. The smallest absolute Gasteiger partial charge is 0.338 e. The van der Waals surface area contributed by atoms with E-state index in [1.54, 1.807) is 31.2 Å². The molecule has 0 bridgehead atoms. The van der Waals surface area contributed by atoms with Gasteiger partial charge in [-0.1, -0.05) is 13.8 Å². The van der Waals surface area contributed by atoms with Gasteiger partial charge in [-0.3, -0.25) is 19.3 Å². The number of benzene rings is 1. The Labute approximate surface area is 162 Å². The molecule has 1 saturated heterocycles. The molecule has 1 heterocycles. The Morgan fingerprint density at radius 3 is 2.07 bits per heavy atom. The summed E-state index contributed by atoms with van der Waals surface area (Å²) >= 11 is 1.37. The predicted molar refractivity (Wildman–Crippen MR) is 103 cm³/mol. The quantitative estimate of drug-likeness (QED) is 0.566. The maximum Gasteiger partial charge on any atom is 0.338 e.